The molecule has 1 aromatic rings. The molecule has 3 rings (SSSR count). The monoisotopic (exact) mass is 288 g/mol. The molecule has 0 aromatic carbocycles. The number of anilines is 1. The van der Waals surface area contributed by atoms with Gasteiger partial charge in [0.05, 0.1) is 0 Å². The van der Waals surface area contributed by atoms with Crippen LogP contribution in [0.3, 0.4) is 0 Å². The van der Waals surface area contributed by atoms with Gasteiger partial charge in [-0.25, -0.2) is 9.97 Å². The van der Waals surface area contributed by atoms with Crippen LogP contribution in [-0.2, 0) is 0 Å². The SMILES string of the molecule is O=C(NC1CCCCC1)c1ccnc(NC2CCCC2)n1. The Labute approximate surface area is 125 Å². The van der Waals surface area contributed by atoms with Crippen molar-refractivity contribution in [3.63, 3.8) is 0 Å². The number of carbonyl (C=O) groups is 1. The minimum atomic E-state index is -0.0706. The van der Waals surface area contributed by atoms with Crippen LogP contribution in [0.1, 0.15) is 68.3 Å². The predicted molar refractivity (Wildman–Crippen MR) is 82.2 cm³/mol. The first-order valence-corrected chi connectivity index (χ1v) is 8.22. The Hall–Kier alpha value is -1.65. The molecule has 2 saturated carbocycles. The molecule has 0 unspecified atom stereocenters. The standard InChI is InChI=1S/C16H24N4O/c21-15(18-12-6-2-1-3-7-12)14-10-11-17-16(20-14)19-13-8-4-5-9-13/h10-13H,1-9H2,(H,18,21)(H,17,19,20). The fourth-order valence-corrected chi connectivity index (χ4v) is 3.31. The van der Waals surface area contributed by atoms with E-state index >= 15 is 0 Å². The Morgan fingerprint density at radius 2 is 1.67 bits per heavy atom. The smallest absolute Gasteiger partial charge is 0.270 e. The summed E-state index contributed by atoms with van der Waals surface area (Å²) in [5.74, 6) is 0.511. The van der Waals surface area contributed by atoms with Crippen molar-refractivity contribution >= 4 is 11.9 Å². The second kappa shape index (κ2) is 6.87. The highest BCUT2D eigenvalue weighted by Gasteiger charge is 2.19. The molecule has 0 saturated heterocycles. The molecule has 2 N–H and O–H groups in total. The van der Waals surface area contributed by atoms with Crippen molar-refractivity contribution in [2.75, 3.05) is 5.32 Å². The van der Waals surface area contributed by atoms with Crippen LogP contribution in [0.5, 0.6) is 0 Å². The highest BCUT2D eigenvalue weighted by molar-refractivity contribution is 5.92. The van der Waals surface area contributed by atoms with Gasteiger partial charge < -0.3 is 10.6 Å². The first-order valence-electron chi connectivity index (χ1n) is 8.22. The van der Waals surface area contributed by atoms with Crippen molar-refractivity contribution in [1.82, 2.24) is 15.3 Å². The summed E-state index contributed by atoms with van der Waals surface area (Å²) in [6, 6.07) is 2.46. The molecule has 1 aromatic heterocycles. The topological polar surface area (TPSA) is 66.9 Å². The average molecular weight is 288 g/mol. The van der Waals surface area contributed by atoms with E-state index in [1.807, 2.05) is 0 Å². The molecule has 2 aliphatic rings. The van der Waals surface area contributed by atoms with Crippen LogP contribution in [-0.4, -0.2) is 28.0 Å². The molecule has 0 atom stereocenters. The summed E-state index contributed by atoms with van der Waals surface area (Å²) in [5.41, 5.74) is 0.469. The molecule has 21 heavy (non-hydrogen) atoms. The van der Waals surface area contributed by atoms with Crippen LogP contribution < -0.4 is 10.6 Å². The first kappa shape index (κ1) is 14.3. The summed E-state index contributed by atoms with van der Waals surface area (Å²) in [7, 11) is 0. The van der Waals surface area contributed by atoms with Gasteiger partial charge >= 0.3 is 0 Å². The highest BCUT2D eigenvalue weighted by atomic mass is 16.1. The number of hydrogen-bond donors (Lipinski definition) is 2. The first-order chi connectivity index (χ1) is 10.3. The molecule has 5 nitrogen and oxygen atoms in total. The summed E-state index contributed by atoms with van der Waals surface area (Å²) < 4.78 is 0. The van der Waals surface area contributed by atoms with Crippen molar-refractivity contribution in [3.8, 4) is 0 Å². The van der Waals surface area contributed by atoms with E-state index in [-0.39, 0.29) is 5.91 Å². The lowest BCUT2D eigenvalue weighted by Gasteiger charge is -2.22. The van der Waals surface area contributed by atoms with Crippen molar-refractivity contribution in [3.05, 3.63) is 18.0 Å². The van der Waals surface area contributed by atoms with Crippen molar-refractivity contribution in [1.29, 1.82) is 0 Å². The third-order valence-electron chi connectivity index (χ3n) is 4.52. The number of nitrogens with one attached hydrogen (secondary N) is 2. The Bertz CT molecular complexity index is 479. The predicted octanol–water partition coefficient (Wildman–Crippen LogP) is 2.89. The van der Waals surface area contributed by atoms with Gasteiger partial charge in [0.25, 0.3) is 5.91 Å². The zero-order valence-corrected chi connectivity index (χ0v) is 12.5. The molecule has 0 radical (unpaired) electrons. The van der Waals surface area contributed by atoms with Crippen LogP contribution in [0.2, 0.25) is 0 Å². The van der Waals surface area contributed by atoms with E-state index in [2.05, 4.69) is 20.6 Å². The zero-order chi connectivity index (χ0) is 14.5. The second-order valence-electron chi connectivity index (χ2n) is 6.20. The maximum Gasteiger partial charge on any atom is 0.270 e. The lowest BCUT2D eigenvalue weighted by molar-refractivity contribution is 0.0922. The van der Waals surface area contributed by atoms with Crippen LogP contribution >= 0.6 is 0 Å². The van der Waals surface area contributed by atoms with E-state index in [9.17, 15) is 4.79 Å². The van der Waals surface area contributed by atoms with Crippen molar-refractivity contribution in [2.45, 2.75) is 69.9 Å². The van der Waals surface area contributed by atoms with Crippen LogP contribution in [0.15, 0.2) is 12.3 Å². The zero-order valence-electron chi connectivity index (χ0n) is 12.5. The number of amides is 1. The largest absolute Gasteiger partial charge is 0.351 e. The normalized spacial score (nSPS) is 20.4. The fourth-order valence-electron chi connectivity index (χ4n) is 3.31. The van der Waals surface area contributed by atoms with Crippen molar-refractivity contribution in [2.24, 2.45) is 0 Å². The van der Waals surface area contributed by atoms with Gasteiger partial charge in [-0.15, -0.1) is 0 Å². The molecule has 0 aliphatic heterocycles. The van der Waals surface area contributed by atoms with Gasteiger partial charge in [-0.3, -0.25) is 4.79 Å². The molecule has 1 heterocycles. The molecule has 1 amide bonds. The van der Waals surface area contributed by atoms with E-state index < -0.39 is 0 Å². The Kier molecular flexibility index (Phi) is 4.68. The van der Waals surface area contributed by atoms with E-state index in [0.717, 1.165) is 12.8 Å². The third-order valence-corrected chi connectivity index (χ3v) is 4.52. The fraction of sp³-hybridized carbons (Fsp3) is 0.688. The number of rotatable bonds is 4. The number of nitrogens with zero attached hydrogens (tertiary/aromatic N) is 2. The summed E-state index contributed by atoms with van der Waals surface area (Å²) in [5, 5.41) is 6.44. The Balaban J connectivity index is 1.59. The number of hydrogen-bond acceptors (Lipinski definition) is 4. The van der Waals surface area contributed by atoms with Gasteiger partial charge in [-0.2, -0.15) is 0 Å². The Morgan fingerprint density at radius 3 is 2.43 bits per heavy atom. The van der Waals surface area contributed by atoms with Gasteiger partial charge in [0.15, 0.2) is 0 Å². The van der Waals surface area contributed by atoms with Gasteiger partial charge in [0, 0.05) is 18.3 Å². The quantitative estimate of drug-likeness (QED) is 0.894. The van der Waals surface area contributed by atoms with E-state index in [1.165, 1.54) is 44.9 Å². The molecule has 2 aliphatic carbocycles. The third kappa shape index (κ3) is 3.93. The van der Waals surface area contributed by atoms with Gasteiger partial charge in [-0.1, -0.05) is 32.1 Å². The lowest BCUT2D eigenvalue weighted by Crippen LogP contribution is -2.36. The molecular weight excluding hydrogens is 264 g/mol. The molecule has 0 bridgehead atoms. The average Bonchev–Trinajstić information content (AvgIpc) is 3.01. The van der Waals surface area contributed by atoms with Gasteiger partial charge in [0.2, 0.25) is 5.95 Å². The molecule has 5 heteroatoms. The summed E-state index contributed by atoms with van der Waals surface area (Å²) in [6.45, 7) is 0. The molecule has 114 valence electrons. The van der Waals surface area contributed by atoms with Crippen molar-refractivity contribution < 1.29 is 4.79 Å². The number of aromatic nitrogens is 2. The van der Waals surface area contributed by atoms with E-state index in [1.54, 1.807) is 12.3 Å². The summed E-state index contributed by atoms with van der Waals surface area (Å²) in [4.78, 5) is 20.9. The summed E-state index contributed by atoms with van der Waals surface area (Å²) in [6.07, 6.45) is 12.4. The molecule has 2 fully saturated rings. The molecule has 0 spiro atoms. The van der Waals surface area contributed by atoms with Gasteiger partial charge in [0.1, 0.15) is 5.69 Å². The minimum Gasteiger partial charge on any atom is -0.351 e. The minimum absolute atomic E-state index is 0.0706. The van der Waals surface area contributed by atoms with Gasteiger partial charge in [-0.05, 0) is 31.7 Å². The number of carbonyl (C=O) groups excluding carboxylic acids is 1. The maximum absolute atomic E-state index is 12.3. The van der Waals surface area contributed by atoms with E-state index in [4.69, 9.17) is 0 Å². The Morgan fingerprint density at radius 1 is 1.00 bits per heavy atom. The van der Waals surface area contributed by atoms with E-state index in [0.29, 0.717) is 23.7 Å². The molecular formula is C16H24N4O. The maximum atomic E-state index is 12.3. The highest BCUT2D eigenvalue weighted by Crippen LogP contribution is 2.21. The van der Waals surface area contributed by atoms with Crippen LogP contribution in [0.25, 0.3) is 0 Å². The van der Waals surface area contributed by atoms with Crippen LogP contribution in [0, 0.1) is 0 Å². The summed E-state index contributed by atoms with van der Waals surface area (Å²) >= 11 is 0. The second-order valence-corrected chi connectivity index (χ2v) is 6.20. The van der Waals surface area contributed by atoms with Crippen LogP contribution in [0.4, 0.5) is 5.95 Å². The lowest BCUT2D eigenvalue weighted by atomic mass is 9.95.